The molecule has 1 aliphatic heterocycles. The van der Waals surface area contributed by atoms with E-state index < -0.39 is 17.5 Å². The van der Waals surface area contributed by atoms with Gasteiger partial charge in [-0.3, -0.25) is 9.78 Å². The second kappa shape index (κ2) is 10.3. The first-order valence-electron chi connectivity index (χ1n) is 11.3. The van der Waals surface area contributed by atoms with Crippen molar-refractivity contribution < 1.29 is 18.3 Å². The van der Waals surface area contributed by atoms with Gasteiger partial charge in [-0.1, -0.05) is 0 Å². The highest BCUT2D eigenvalue weighted by molar-refractivity contribution is 6.04. The topological polar surface area (TPSA) is 105 Å². The molecule has 1 fully saturated rings. The quantitative estimate of drug-likeness (QED) is 0.522. The molecule has 0 bridgehead atoms. The van der Waals surface area contributed by atoms with Crippen LogP contribution in [0.4, 0.5) is 26.2 Å². The van der Waals surface area contributed by atoms with Gasteiger partial charge in [-0.05, 0) is 32.0 Å². The molecular weight excluding hydrogens is 456 g/mol. The van der Waals surface area contributed by atoms with E-state index in [0.717, 1.165) is 6.92 Å². The molecule has 9 nitrogen and oxygen atoms in total. The summed E-state index contributed by atoms with van der Waals surface area (Å²) < 4.78 is 34.4. The van der Waals surface area contributed by atoms with E-state index in [-0.39, 0.29) is 5.69 Å². The number of alkyl halides is 2. The first-order chi connectivity index (χ1) is 16.8. The third kappa shape index (κ3) is 5.68. The van der Waals surface area contributed by atoms with E-state index in [9.17, 15) is 13.6 Å². The smallest absolute Gasteiger partial charge is 0.289 e. The van der Waals surface area contributed by atoms with Gasteiger partial charge in [0, 0.05) is 61.8 Å². The minimum absolute atomic E-state index is 0.0866. The molecule has 1 aliphatic rings. The number of rotatable bonds is 7. The molecule has 184 valence electrons. The van der Waals surface area contributed by atoms with Crippen LogP contribution in [0.1, 0.15) is 35.6 Å². The highest BCUT2D eigenvalue weighted by atomic mass is 19.3. The van der Waals surface area contributed by atoms with E-state index in [0.29, 0.717) is 67.1 Å². The Kier molecular flexibility index (Phi) is 7.15. The Morgan fingerprint density at radius 3 is 2.51 bits per heavy atom. The Labute approximate surface area is 202 Å². The van der Waals surface area contributed by atoms with Gasteiger partial charge < -0.3 is 20.3 Å². The number of aromatic nitrogens is 4. The Morgan fingerprint density at radius 1 is 1.14 bits per heavy atom. The number of anilines is 3. The molecule has 0 radical (unpaired) electrons. The molecule has 35 heavy (non-hydrogen) atoms. The normalized spacial score (nSPS) is 14.0. The molecule has 0 aromatic carbocycles. The van der Waals surface area contributed by atoms with Gasteiger partial charge in [0.25, 0.3) is 11.8 Å². The molecular formula is C24H27F2N7O2. The number of hydrogen-bond donors (Lipinski definition) is 2. The summed E-state index contributed by atoms with van der Waals surface area (Å²) in [7, 11) is 0. The molecule has 0 unspecified atom stereocenters. The van der Waals surface area contributed by atoms with Gasteiger partial charge in [0.2, 0.25) is 5.95 Å². The number of nitrogens with zero attached hydrogens (tertiary/aromatic N) is 5. The van der Waals surface area contributed by atoms with Crippen LogP contribution in [0, 0.1) is 6.92 Å². The van der Waals surface area contributed by atoms with Crippen LogP contribution in [-0.4, -0.2) is 58.7 Å². The molecule has 4 heterocycles. The molecule has 0 saturated carbocycles. The summed E-state index contributed by atoms with van der Waals surface area (Å²) in [5.41, 5.74) is 1.06. The zero-order valence-electron chi connectivity index (χ0n) is 19.8. The fourth-order valence-electron chi connectivity index (χ4n) is 3.76. The number of halogens is 2. The third-order valence-electron chi connectivity index (χ3n) is 5.48. The van der Waals surface area contributed by atoms with Gasteiger partial charge in [-0.15, -0.1) is 0 Å². The van der Waals surface area contributed by atoms with Crippen molar-refractivity contribution in [2.24, 2.45) is 0 Å². The summed E-state index contributed by atoms with van der Waals surface area (Å²) in [6, 6.07) is 6.30. The fraction of sp³-hybridized carbons (Fsp3) is 0.375. The standard InChI is InChI=1S/C24H27F2N7O2/c1-4-28-23-31-18(14-20(32-23)33-9-11-35-12-10-33)17-13-19(21(24(3,25)26)29-15(17)2)30-22(34)16-5-7-27-8-6-16/h5-8,13-14H,4,9-12H2,1-3H3,(H,30,34)(H,28,31,32). The summed E-state index contributed by atoms with van der Waals surface area (Å²) in [4.78, 5) is 32.1. The number of carbonyl (C=O) groups is 1. The van der Waals surface area contributed by atoms with E-state index >= 15 is 0 Å². The SMILES string of the molecule is CCNc1nc(-c2cc(NC(=O)c3ccncc3)c(C(C)(F)F)nc2C)cc(N2CCOCC2)n1. The predicted molar refractivity (Wildman–Crippen MR) is 129 cm³/mol. The van der Waals surface area contributed by atoms with Gasteiger partial charge in [0.05, 0.1) is 24.6 Å². The van der Waals surface area contributed by atoms with Gasteiger partial charge >= 0.3 is 0 Å². The molecule has 3 aromatic heterocycles. The van der Waals surface area contributed by atoms with Crippen molar-refractivity contribution in [1.29, 1.82) is 0 Å². The lowest BCUT2D eigenvalue weighted by molar-refractivity contribution is 0.0135. The molecule has 2 N–H and O–H groups in total. The van der Waals surface area contributed by atoms with Crippen LogP contribution in [0.25, 0.3) is 11.3 Å². The van der Waals surface area contributed by atoms with E-state index in [1.54, 1.807) is 13.0 Å². The van der Waals surface area contributed by atoms with Gasteiger partial charge in [-0.2, -0.15) is 13.8 Å². The number of amides is 1. The Morgan fingerprint density at radius 2 is 1.86 bits per heavy atom. The van der Waals surface area contributed by atoms with Gasteiger partial charge in [0.15, 0.2) is 0 Å². The minimum Gasteiger partial charge on any atom is -0.378 e. The van der Waals surface area contributed by atoms with Crippen molar-refractivity contribution in [3.63, 3.8) is 0 Å². The van der Waals surface area contributed by atoms with Crippen molar-refractivity contribution in [1.82, 2.24) is 19.9 Å². The predicted octanol–water partition coefficient (Wildman–Crippen LogP) is 3.87. The molecule has 0 atom stereocenters. The second-order valence-corrected chi connectivity index (χ2v) is 8.16. The van der Waals surface area contributed by atoms with Crippen LogP contribution in [-0.2, 0) is 10.7 Å². The van der Waals surface area contributed by atoms with Crippen molar-refractivity contribution in [3.8, 4) is 11.3 Å². The minimum atomic E-state index is -3.27. The zero-order valence-corrected chi connectivity index (χ0v) is 19.8. The number of aryl methyl sites for hydroxylation is 1. The number of hydrogen-bond acceptors (Lipinski definition) is 8. The largest absolute Gasteiger partial charge is 0.378 e. The fourth-order valence-corrected chi connectivity index (χ4v) is 3.76. The highest BCUT2D eigenvalue weighted by Gasteiger charge is 2.32. The average Bonchev–Trinajstić information content (AvgIpc) is 2.85. The van der Waals surface area contributed by atoms with Crippen LogP contribution >= 0.6 is 0 Å². The number of nitrogens with one attached hydrogen (secondary N) is 2. The van der Waals surface area contributed by atoms with Crippen LogP contribution in [0.5, 0.6) is 0 Å². The molecule has 11 heteroatoms. The van der Waals surface area contributed by atoms with E-state index in [2.05, 4.69) is 35.5 Å². The average molecular weight is 484 g/mol. The molecule has 4 rings (SSSR count). The van der Waals surface area contributed by atoms with Crippen molar-refractivity contribution >= 4 is 23.4 Å². The maximum absolute atomic E-state index is 14.5. The van der Waals surface area contributed by atoms with Crippen LogP contribution in [0.3, 0.4) is 0 Å². The Balaban J connectivity index is 1.80. The van der Waals surface area contributed by atoms with Crippen molar-refractivity contribution in [2.75, 3.05) is 48.4 Å². The van der Waals surface area contributed by atoms with Crippen LogP contribution in [0.2, 0.25) is 0 Å². The lowest BCUT2D eigenvalue weighted by Crippen LogP contribution is -2.37. The summed E-state index contributed by atoms with van der Waals surface area (Å²) in [6.45, 7) is 7.45. The van der Waals surface area contributed by atoms with Gasteiger partial charge in [0.1, 0.15) is 11.5 Å². The van der Waals surface area contributed by atoms with Crippen LogP contribution in [0.15, 0.2) is 36.7 Å². The summed E-state index contributed by atoms with van der Waals surface area (Å²) in [5.74, 6) is -2.71. The second-order valence-electron chi connectivity index (χ2n) is 8.16. The molecule has 1 saturated heterocycles. The van der Waals surface area contributed by atoms with Crippen LogP contribution < -0.4 is 15.5 Å². The van der Waals surface area contributed by atoms with E-state index in [1.165, 1.54) is 30.6 Å². The Hall–Kier alpha value is -3.73. The lowest BCUT2D eigenvalue weighted by atomic mass is 10.1. The zero-order chi connectivity index (χ0) is 25.0. The van der Waals surface area contributed by atoms with E-state index in [1.807, 2.05) is 6.92 Å². The number of pyridine rings is 2. The molecule has 0 spiro atoms. The van der Waals surface area contributed by atoms with Gasteiger partial charge in [-0.25, -0.2) is 9.97 Å². The number of carbonyl (C=O) groups excluding carboxylic acids is 1. The third-order valence-corrected chi connectivity index (χ3v) is 5.48. The number of ether oxygens (including phenoxy) is 1. The van der Waals surface area contributed by atoms with E-state index in [4.69, 9.17) is 4.74 Å². The maximum Gasteiger partial charge on any atom is 0.289 e. The highest BCUT2D eigenvalue weighted by Crippen LogP contribution is 2.36. The monoisotopic (exact) mass is 483 g/mol. The summed E-state index contributed by atoms with van der Waals surface area (Å²) in [6.07, 6.45) is 2.92. The first-order valence-corrected chi connectivity index (χ1v) is 11.3. The van der Waals surface area contributed by atoms with Crippen molar-refractivity contribution in [2.45, 2.75) is 26.7 Å². The Bertz CT molecular complexity index is 1200. The summed E-state index contributed by atoms with van der Waals surface area (Å²) in [5, 5.41) is 5.72. The summed E-state index contributed by atoms with van der Waals surface area (Å²) >= 11 is 0. The lowest BCUT2D eigenvalue weighted by Gasteiger charge is -2.28. The maximum atomic E-state index is 14.5. The van der Waals surface area contributed by atoms with Crippen molar-refractivity contribution in [3.05, 3.63) is 53.6 Å². The number of morpholine rings is 1. The molecule has 0 aliphatic carbocycles. The first kappa shape index (κ1) is 24.4. The molecule has 1 amide bonds. The molecule has 3 aromatic rings.